The maximum Gasteiger partial charge on any atom is 0.440 e. The lowest BCUT2D eigenvalue weighted by atomic mass is 9.98. The predicted molar refractivity (Wildman–Crippen MR) is 138 cm³/mol. The van der Waals surface area contributed by atoms with E-state index in [9.17, 15) is 28.6 Å². The number of nitrogens with zero attached hydrogens (tertiary/aromatic N) is 1. The van der Waals surface area contributed by atoms with Crippen molar-refractivity contribution >= 4 is 19.7 Å². The SMILES string of the molecule is CC(=O)O[C@H]1[C@@H](COc2ccccc2OOP(=O)(O)N[C@@H](C)C(=O)OC(C)C)O[C@@H](n2ccc(=O)[nH]c2=O)C1(C)F. The molecule has 0 radical (unpaired) electrons. The number of hydrogen-bond donors (Lipinski definition) is 3. The predicted octanol–water partition coefficient (Wildman–Crippen LogP) is 1.51. The number of carbonyl (C=O) groups is 2. The highest BCUT2D eigenvalue weighted by atomic mass is 31.2. The number of aromatic nitrogens is 2. The van der Waals surface area contributed by atoms with Gasteiger partial charge in [0.1, 0.15) is 18.8 Å². The molecule has 1 aromatic heterocycles. The molecule has 3 N–H and O–H groups in total. The van der Waals surface area contributed by atoms with Crippen LogP contribution in [0.15, 0.2) is 46.1 Å². The topological polar surface area (TPSA) is 194 Å². The van der Waals surface area contributed by atoms with Crippen LogP contribution in [0.2, 0.25) is 0 Å². The van der Waals surface area contributed by atoms with Gasteiger partial charge in [0.05, 0.1) is 6.10 Å². The van der Waals surface area contributed by atoms with Crippen LogP contribution in [0.25, 0.3) is 0 Å². The Balaban J connectivity index is 1.73. The molecule has 2 aromatic rings. The maximum absolute atomic E-state index is 16.0. The van der Waals surface area contributed by atoms with Crippen molar-refractivity contribution in [2.24, 2.45) is 0 Å². The smallest absolute Gasteiger partial charge is 0.440 e. The van der Waals surface area contributed by atoms with E-state index in [4.69, 9.17) is 23.8 Å². The summed E-state index contributed by atoms with van der Waals surface area (Å²) >= 11 is 0. The number of hydrogen-bond acceptors (Lipinski definition) is 11. The summed E-state index contributed by atoms with van der Waals surface area (Å²) in [4.78, 5) is 64.5. The summed E-state index contributed by atoms with van der Waals surface area (Å²) in [5.41, 5.74) is -4.09. The average molecular weight is 603 g/mol. The number of halogens is 1. The van der Waals surface area contributed by atoms with Crippen LogP contribution < -0.4 is 26.0 Å². The van der Waals surface area contributed by atoms with Crippen LogP contribution >= 0.6 is 7.75 Å². The number of rotatable bonds is 12. The Kier molecular flexibility index (Phi) is 10.1. The van der Waals surface area contributed by atoms with Gasteiger partial charge in [-0.1, -0.05) is 16.8 Å². The van der Waals surface area contributed by atoms with Crippen molar-refractivity contribution in [2.45, 2.75) is 70.9 Å². The standard InChI is InChI=1S/C24H31FN3O12P/c1-13(2)36-21(31)14(3)27-41(33,34)40-39-17-9-7-6-8-16(17)35-12-18-20(37-15(4)29)24(5,25)22(38-18)28-11-10-19(30)26-23(28)32/h6-11,13-14,18,20,22H,12H2,1-5H3,(H,26,30,32)(H2,27,33,34)/t14-,18+,20-,22+,24?/m0/s1. The molecule has 1 aliphatic heterocycles. The average Bonchev–Trinajstić information content (AvgIpc) is 3.10. The Morgan fingerprint density at radius 1 is 1.22 bits per heavy atom. The van der Waals surface area contributed by atoms with Crippen molar-refractivity contribution in [1.82, 2.24) is 14.6 Å². The monoisotopic (exact) mass is 603 g/mol. The Bertz CT molecular complexity index is 1410. The van der Waals surface area contributed by atoms with Gasteiger partial charge in [0.15, 0.2) is 23.8 Å². The number of aromatic amines is 1. The van der Waals surface area contributed by atoms with Gasteiger partial charge in [-0.15, -0.1) is 0 Å². The highest BCUT2D eigenvalue weighted by Crippen LogP contribution is 2.43. The van der Waals surface area contributed by atoms with Crippen molar-refractivity contribution in [2.75, 3.05) is 6.61 Å². The molecular weight excluding hydrogens is 572 g/mol. The number of esters is 2. The van der Waals surface area contributed by atoms with Gasteiger partial charge in [0.25, 0.3) is 5.56 Å². The first-order valence-corrected chi connectivity index (χ1v) is 13.9. The fourth-order valence-corrected chi connectivity index (χ4v) is 4.69. The Hall–Kier alpha value is -3.56. The van der Waals surface area contributed by atoms with Gasteiger partial charge < -0.3 is 28.7 Å². The first-order valence-electron chi connectivity index (χ1n) is 12.3. The minimum atomic E-state index is -4.68. The second-order valence-electron chi connectivity index (χ2n) is 9.50. The maximum atomic E-state index is 16.0. The van der Waals surface area contributed by atoms with Crippen LogP contribution in [0.5, 0.6) is 11.5 Å². The summed E-state index contributed by atoms with van der Waals surface area (Å²) in [6.07, 6.45) is -3.80. The molecule has 2 heterocycles. The molecule has 1 fully saturated rings. The van der Waals surface area contributed by atoms with E-state index in [0.29, 0.717) is 0 Å². The second-order valence-corrected chi connectivity index (χ2v) is 10.9. The molecule has 6 atom stereocenters. The number of carbonyl (C=O) groups excluding carboxylic acids is 2. The largest absolute Gasteiger partial charge is 0.487 e. The van der Waals surface area contributed by atoms with E-state index in [1.807, 2.05) is 4.98 Å². The summed E-state index contributed by atoms with van der Waals surface area (Å²) in [5.74, 6) is -1.84. The highest BCUT2D eigenvalue weighted by Gasteiger charge is 2.58. The van der Waals surface area contributed by atoms with Crippen molar-refractivity contribution in [3.05, 3.63) is 57.4 Å². The normalized spacial score (nSPS) is 24.3. The first kappa shape index (κ1) is 32.0. The fourth-order valence-electron chi connectivity index (χ4n) is 3.87. The summed E-state index contributed by atoms with van der Waals surface area (Å²) in [7, 11) is -4.68. The van der Waals surface area contributed by atoms with E-state index in [2.05, 4.69) is 9.76 Å². The summed E-state index contributed by atoms with van der Waals surface area (Å²) in [6, 6.07) is 5.54. The van der Waals surface area contributed by atoms with Crippen LogP contribution in [0, 0.1) is 0 Å². The van der Waals surface area contributed by atoms with E-state index < -0.39 is 73.8 Å². The third-order valence-electron chi connectivity index (χ3n) is 5.62. The number of nitrogens with one attached hydrogen (secondary N) is 2. The number of alkyl halides is 1. The molecule has 17 heteroatoms. The zero-order valence-electron chi connectivity index (χ0n) is 22.8. The van der Waals surface area contributed by atoms with Crippen molar-refractivity contribution in [3.8, 4) is 11.5 Å². The van der Waals surface area contributed by atoms with Gasteiger partial charge >= 0.3 is 25.4 Å². The molecule has 3 rings (SSSR count). The van der Waals surface area contributed by atoms with E-state index in [1.54, 1.807) is 13.8 Å². The zero-order valence-corrected chi connectivity index (χ0v) is 23.7. The van der Waals surface area contributed by atoms with Crippen LogP contribution in [-0.4, -0.2) is 63.0 Å². The van der Waals surface area contributed by atoms with Crippen molar-refractivity contribution in [1.29, 1.82) is 0 Å². The summed E-state index contributed by atoms with van der Waals surface area (Å²) in [6.45, 7) is 6.21. The van der Waals surface area contributed by atoms with Gasteiger partial charge in [-0.25, -0.2) is 18.8 Å². The van der Waals surface area contributed by atoms with E-state index >= 15 is 4.39 Å². The quantitative estimate of drug-likeness (QED) is 0.137. The van der Waals surface area contributed by atoms with Crippen LogP contribution in [0.4, 0.5) is 4.39 Å². The number of ether oxygens (including phenoxy) is 4. The lowest BCUT2D eigenvalue weighted by Gasteiger charge is -2.27. The number of H-pyrrole nitrogens is 1. The molecular formula is C24H31FN3O12P. The zero-order chi connectivity index (χ0) is 30.5. The van der Waals surface area contributed by atoms with Gasteiger partial charge in [-0.3, -0.25) is 23.9 Å². The fraction of sp³-hybridized carbons (Fsp3) is 0.500. The van der Waals surface area contributed by atoms with Crippen molar-refractivity contribution < 1.29 is 51.9 Å². The van der Waals surface area contributed by atoms with Gasteiger partial charge in [0.2, 0.25) is 5.75 Å². The van der Waals surface area contributed by atoms with Gasteiger partial charge in [-0.2, -0.15) is 0 Å². The molecule has 226 valence electrons. The molecule has 0 aliphatic carbocycles. The molecule has 1 aromatic carbocycles. The molecule has 0 amide bonds. The molecule has 0 saturated carbocycles. The van der Waals surface area contributed by atoms with Gasteiger partial charge in [0, 0.05) is 19.2 Å². The van der Waals surface area contributed by atoms with Crippen LogP contribution in [-0.2, 0) is 33.0 Å². The molecule has 1 saturated heterocycles. The van der Waals surface area contributed by atoms with E-state index in [0.717, 1.165) is 30.7 Å². The van der Waals surface area contributed by atoms with E-state index in [1.165, 1.54) is 31.2 Å². The summed E-state index contributed by atoms with van der Waals surface area (Å²) < 4.78 is 55.3. The first-order chi connectivity index (χ1) is 19.1. The number of benzene rings is 1. The molecule has 41 heavy (non-hydrogen) atoms. The molecule has 2 unspecified atom stereocenters. The third kappa shape index (κ3) is 8.24. The van der Waals surface area contributed by atoms with Crippen LogP contribution in [0.3, 0.4) is 0 Å². The Morgan fingerprint density at radius 3 is 2.49 bits per heavy atom. The Labute approximate surface area is 233 Å². The minimum absolute atomic E-state index is 0.0461. The van der Waals surface area contributed by atoms with Crippen LogP contribution in [0.1, 0.15) is 40.8 Å². The molecule has 0 bridgehead atoms. The minimum Gasteiger partial charge on any atom is -0.487 e. The number of para-hydroxylation sites is 2. The molecule has 15 nitrogen and oxygen atoms in total. The molecule has 1 aliphatic rings. The lowest BCUT2D eigenvalue weighted by molar-refractivity contribution is -0.155. The van der Waals surface area contributed by atoms with Crippen molar-refractivity contribution in [3.63, 3.8) is 0 Å². The van der Waals surface area contributed by atoms with Gasteiger partial charge in [-0.05, 0) is 39.8 Å². The second kappa shape index (κ2) is 13.0. The summed E-state index contributed by atoms with van der Waals surface area (Å²) in [5, 5.41) is 2.08. The highest BCUT2D eigenvalue weighted by molar-refractivity contribution is 7.50. The third-order valence-corrected chi connectivity index (χ3v) is 6.61. The Morgan fingerprint density at radius 2 is 1.88 bits per heavy atom. The molecule has 0 spiro atoms. The lowest BCUT2D eigenvalue weighted by Crippen LogP contribution is -2.46. The van der Waals surface area contributed by atoms with E-state index in [-0.39, 0.29) is 11.5 Å².